The molecule has 14 heavy (non-hydrogen) atoms. The van der Waals surface area contributed by atoms with Crippen molar-refractivity contribution >= 4 is 16.9 Å². The molecule has 0 aromatic heterocycles. The van der Waals surface area contributed by atoms with Crippen molar-refractivity contribution < 1.29 is 0 Å². The molecule has 1 heterocycles. The molecule has 1 fully saturated rings. The van der Waals surface area contributed by atoms with Crippen LogP contribution in [-0.4, -0.2) is 23.0 Å². The van der Waals surface area contributed by atoms with Crippen molar-refractivity contribution in [3.63, 3.8) is 0 Å². The number of nitrogens with one attached hydrogen (secondary N) is 1. The van der Waals surface area contributed by atoms with Crippen LogP contribution in [0.2, 0.25) is 0 Å². The number of amidine groups is 1. The maximum Gasteiger partial charge on any atom is 0.157 e. The zero-order valence-electron chi connectivity index (χ0n) is 9.12. The molecule has 0 aromatic rings. The van der Waals surface area contributed by atoms with Crippen LogP contribution in [0.25, 0.3) is 0 Å². The van der Waals surface area contributed by atoms with Crippen LogP contribution in [0, 0.1) is 5.92 Å². The average molecular weight is 212 g/mol. The highest BCUT2D eigenvalue weighted by Gasteiger charge is 2.22. The molecule has 0 radical (unpaired) electrons. The van der Waals surface area contributed by atoms with E-state index in [0.717, 1.165) is 12.5 Å². The second kappa shape index (κ2) is 4.56. The molecule has 80 valence electrons. The van der Waals surface area contributed by atoms with E-state index in [1.54, 1.807) is 0 Å². The summed E-state index contributed by atoms with van der Waals surface area (Å²) in [5.74, 6) is 0.894. The number of nitrogens with zero attached hydrogens (tertiary/aromatic N) is 1. The lowest BCUT2D eigenvalue weighted by Crippen LogP contribution is -2.36. The van der Waals surface area contributed by atoms with E-state index in [9.17, 15) is 0 Å². The van der Waals surface area contributed by atoms with Gasteiger partial charge in [0.25, 0.3) is 0 Å². The van der Waals surface area contributed by atoms with Crippen molar-refractivity contribution in [2.45, 2.75) is 50.8 Å². The van der Waals surface area contributed by atoms with Crippen LogP contribution in [0.5, 0.6) is 0 Å². The van der Waals surface area contributed by atoms with Gasteiger partial charge in [-0.05, 0) is 18.8 Å². The van der Waals surface area contributed by atoms with Gasteiger partial charge in [0.1, 0.15) is 0 Å². The SMILES string of the molecule is CC1CCCC(NC2=NCC(C)S2)C1. The molecule has 0 saturated heterocycles. The molecule has 0 amide bonds. The number of aliphatic imine (C=N–C) groups is 1. The molecule has 2 aliphatic rings. The van der Waals surface area contributed by atoms with Gasteiger partial charge >= 0.3 is 0 Å². The van der Waals surface area contributed by atoms with Gasteiger partial charge in [0.15, 0.2) is 5.17 Å². The summed E-state index contributed by atoms with van der Waals surface area (Å²) in [5, 5.41) is 5.46. The summed E-state index contributed by atoms with van der Waals surface area (Å²) in [7, 11) is 0. The summed E-state index contributed by atoms with van der Waals surface area (Å²) in [5.41, 5.74) is 0. The van der Waals surface area contributed by atoms with Gasteiger partial charge in [-0.2, -0.15) is 0 Å². The molecular weight excluding hydrogens is 192 g/mol. The lowest BCUT2D eigenvalue weighted by molar-refractivity contribution is 0.327. The summed E-state index contributed by atoms with van der Waals surface area (Å²) in [6.45, 7) is 5.60. The van der Waals surface area contributed by atoms with E-state index in [-0.39, 0.29) is 0 Å². The van der Waals surface area contributed by atoms with E-state index >= 15 is 0 Å². The first-order valence-corrected chi connectivity index (χ1v) is 6.59. The van der Waals surface area contributed by atoms with Gasteiger partial charge in [-0.15, -0.1) is 0 Å². The van der Waals surface area contributed by atoms with Gasteiger partial charge in [0, 0.05) is 11.3 Å². The van der Waals surface area contributed by atoms with Crippen LogP contribution >= 0.6 is 11.8 Å². The van der Waals surface area contributed by atoms with Gasteiger partial charge in [0.05, 0.1) is 6.54 Å². The topological polar surface area (TPSA) is 24.4 Å². The first kappa shape index (κ1) is 10.3. The second-order valence-electron chi connectivity index (χ2n) is 4.69. The first-order chi connectivity index (χ1) is 6.74. The van der Waals surface area contributed by atoms with Crippen LogP contribution in [0.4, 0.5) is 0 Å². The Morgan fingerprint density at radius 3 is 2.86 bits per heavy atom. The fraction of sp³-hybridized carbons (Fsp3) is 0.909. The van der Waals surface area contributed by atoms with E-state index < -0.39 is 0 Å². The quantitative estimate of drug-likeness (QED) is 0.722. The molecule has 0 bridgehead atoms. The summed E-state index contributed by atoms with van der Waals surface area (Å²) in [6, 6.07) is 0.690. The molecule has 1 aliphatic heterocycles. The fourth-order valence-corrected chi connectivity index (χ4v) is 3.21. The van der Waals surface area contributed by atoms with Gasteiger partial charge in [-0.1, -0.05) is 38.5 Å². The summed E-state index contributed by atoms with van der Waals surface area (Å²) in [6.07, 6.45) is 5.45. The van der Waals surface area contributed by atoms with Gasteiger partial charge in [-0.3, -0.25) is 4.99 Å². The number of rotatable bonds is 1. The number of hydrogen-bond donors (Lipinski definition) is 1. The van der Waals surface area contributed by atoms with Gasteiger partial charge in [-0.25, -0.2) is 0 Å². The van der Waals surface area contributed by atoms with Crippen LogP contribution in [-0.2, 0) is 0 Å². The maximum atomic E-state index is 4.50. The van der Waals surface area contributed by atoms with Crippen molar-refractivity contribution in [3.05, 3.63) is 0 Å². The molecule has 3 atom stereocenters. The van der Waals surface area contributed by atoms with Crippen LogP contribution < -0.4 is 5.32 Å². The number of hydrogen-bond acceptors (Lipinski definition) is 3. The molecule has 1 saturated carbocycles. The second-order valence-corrected chi connectivity index (χ2v) is 6.11. The molecule has 2 rings (SSSR count). The molecular formula is C11H20N2S. The zero-order chi connectivity index (χ0) is 9.97. The summed E-state index contributed by atoms with van der Waals surface area (Å²) >= 11 is 1.90. The zero-order valence-corrected chi connectivity index (χ0v) is 9.94. The maximum absolute atomic E-state index is 4.50. The monoisotopic (exact) mass is 212 g/mol. The third-order valence-corrected chi connectivity index (χ3v) is 4.09. The lowest BCUT2D eigenvalue weighted by Gasteiger charge is -2.27. The largest absolute Gasteiger partial charge is 0.362 e. The predicted octanol–water partition coefficient (Wildman–Crippen LogP) is 2.65. The minimum atomic E-state index is 0.679. The Labute approximate surface area is 90.9 Å². The third kappa shape index (κ3) is 2.66. The lowest BCUT2D eigenvalue weighted by atomic mass is 9.87. The average Bonchev–Trinajstić information content (AvgIpc) is 2.51. The summed E-state index contributed by atoms with van der Waals surface area (Å²) in [4.78, 5) is 4.50. The highest BCUT2D eigenvalue weighted by Crippen LogP contribution is 2.25. The van der Waals surface area contributed by atoms with E-state index in [2.05, 4.69) is 24.2 Å². The van der Waals surface area contributed by atoms with Gasteiger partial charge in [0.2, 0.25) is 0 Å². The minimum Gasteiger partial charge on any atom is -0.362 e. The molecule has 1 N–H and O–H groups in total. The third-order valence-electron chi connectivity index (χ3n) is 3.07. The van der Waals surface area contributed by atoms with E-state index in [0.29, 0.717) is 11.3 Å². The Morgan fingerprint density at radius 2 is 2.21 bits per heavy atom. The molecule has 2 nitrogen and oxygen atoms in total. The van der Waals surface area contributed by atoms with Crippen molar-refractivity contribution in [2.24, 2.45) is 10.9 Å². The fourth-order valence-electron chi connectivity index (χ4n) is 2.30. The molecule has 0 aromatic carbocycles. The highest BCUT2D eigenvalue weighted by molar-refractivity contribution is 8.14. The van der Waals surface area contributed by atoms with Crippen LogP contribution in [0.1, 0.15) is 39.5 Å². The first-order valence-electron chi connectivity index (χ1n) is 5.71. The Bertz CT molecular complexity index is 227. The molecule has 0 spiro atoms. The van der Waals surface area contributed by atoms with Crippen molar-refractivity contribution in [1.82, 2.24) is 5.32 Å². The van der Waals surface area contributed by atoms with Crippen LogP contribution in [0.15, 0.2) is 4.99 Å². The van der Waals surface area contributed by atoms with Crippen molar-refractivity contribution in [1.29, 1.82) is 0 Å². The minimum absolute atomic E-state index is 0.679. The summed E-state index contributed by atoms with van der Waals surface area (Å²) < 4.78 is 0. The number of thioether (sulfide) groups is 1. The van der Waals surface area contributed by atoms with Crippen molar-refractivity contribution in [3.8, 4) is 0 Å². The smallest absolute Gasteiger partial charge is 0.157 e. The predicted molar refractivity (Wildman–Crippen MR) is 63.9 cm³/mol. The Balaban J connectivity index is 1.79. The van der Waals surface area contributed by atoms with E-state index in [4.69, 9.17) is 0 Å². The molecule has 1 aliphatic carbocycles. The Morgan fingerprint density at radius 1 is 1.36 bits per heavy atom. The Kier molecular flexibility index (Phi) is 3.37. The molecule has 3 unspecified atom stereocenters. The Hall–Kier alpha value is -0.180. The van der Waals surface area contributed by atoms with Crippen molar-refractivity contribution in [2.75, 3.05) is 6.54 Å². The van der Waals surface area contributed by atoms with Crippen LogP contribution in [0.3, 0.4) is 0 Å². The normalized spacial score (nSPS) is 38.1. The standard InChI is InChI=1S/C11H20N2S/c1-8-4-3-5-10(6-8)13-11-12-7-9(2)14-11/h8-10H,3-7H2,1-2H3,(H,12,13). The van der Waals surface area contributed by atoms with E-state index in [1.165, 1.54) is 30.9 Å². The van der Waals surface area contributed by atoms with Gasteiger partial charge < -0.3 is 5.32 Å². The molecule has 3 heteroatoms. The van der Waals surface area contributed by atoms with E-state index in [1.807, 2.05) is 11.8 Å². The highest BCUT2D eigenvalue weighted by atomic mass is 32.2.